The molecule has 0 amide bonds. The van der Waals surface area contributed by atoms with Crippen molar-refractivity contribution < 1.29 is 19.2 Å². The van der Waals surface area contributed by atoms with E-state index in [4.69, 9.17) is 0 Å². The highest BCUT2D eigenvalue weighted by Crippen LogP contribution is 2.04. The van der Waals surface area contributed by atoms with Crippen LogP contribution < -0.4 is 10.0 Å². The molecule has 2 rings (SSSR count). The van der Waals surface area contributed by atoms with Crippen molar-refractivity contribution in [2.75, 3.05) is 6.54 Å². The van der Waals surface area contributed by atoms with Gasteiger partial charge in [-0.05, 0) is 6.07 Å². The molecule has 2 aromatic carbocycles. The third kappa shape index (κ3) is 4.17. The lowest BCUT2D eigenvalue weighted by Crippen LogP contribution is -3.10. The highest BCUT2D eigenvalue weighted by Gasteiger charge is 2.13. The van der Waals surface area contributed by atoms with E-state index in [1.807, 2.05) is 30.3 Å². The number of hydrogen-bond acceptors (Lipinski definition) is 2. The number of aliphatic carboxylic acids is 1. The average Bonchev–Trinajstić information content (AvgIpc) is 2.42. The number of carboxylic acid groups (broad SMARTS) is 1. The molecule has 3 nitrogen and oxygen atoms in total. The molecular weight excluding hydrogens is 257 g/mol. The van der Waals surface area contributed by atoms with Gasteiger partial charge in [-0.15, -0.1) is 0 Å². The molecule has 104 valence electrons. The third-order valence-corrected chi connectivity index (χ3v) is 3.09. The molecule has 0 fully saturated rings. The summed E-state index contributed by atoms with van der Waals surface area (Å²) < 4.78 is 13.6. The molecule has 0 saturated heterocycles. The standard InChI is InChI=1S/C16H16FNO2/c17-15-9-5-4-8-14(15)11-18(12-16(19)20)10-13-6-2-1-3-7-13/h1-9H,10-12H2,(H,19,20). The molecule has 2 aromatic rings. The Hall–Kier alpha value is -2.20. The van der Waals surface area contributed by atoms with Crippen LogP contribution in [0.5, 0.6) is 0 Å². The summed E-state index contributed by atoms with van der Waals surface area (Å²) in [5.41, 5.74) is 1.53. The number of halogens is 1. The van der Waals surface area contributed by atoms with Crippen molar-refractivity contribution in [2.45, 2.75) is 13.1 Å². The molecular formula is C16H16FNO2. The molecule has 0 aromatic heterocycles. The molecule has 1 N–H and O–H groups in total. The molecule has 0 spiro atoms. The predicted octanol–water partition coefficient (Wildman–Crippen LogP) is 0.161. The van der Waals surface area contributed by atoms with E-state index in [0.29, 0.717) is 18.7 Å². The molecule has 0 bridgehead atoms. The number of carboxylic acids is 1. The summed E-state index contributed by atoms with van der Waals surface area (Å²) >= 11 is 0. The van der Waals surface area contributed by atoms with Crippen molar-refractivity contribution in [1.82, 2.24) is 0 Å². The van der Waals surface area contributed by atoms with Crippen LogP contribution in [0.2, 0.25) is 0 Å². The average molecular weight is 273 g/mol. The van der Waals surface area contributed by atoms with Gasteiger partial charge in [0.15, 0.2) is 0 Å². The molecule has 0 heterocycles. The Morgan fingerprint density at radius 2 is 1.65 bits per heavy atom. The number of carbonyl (C=O) groups is 1. The molecule has 1 atom stereocenters. The minimum atomic E-state index is -1.13. The minimum Gasteiger partial charge on any atom is -0.544 e. The number of carbonyl (C=O) groups excluding carboxylic acids is 1. The van der Waals surface area contributed by atoms with Crippen LogP contribution in [0.3, 0.4) is 0 Å². The SMILES string of the molecule is O=C([O-])C[NH+](Cc1ccccc1)Cc1ccccc1F. The summed E-state index contributed by atoms with van der Waals surface area (Å²) in [6.45, 7) is 0.682. The fourth-order valence-corrected chi connectivity index (χ4v) is 2.19. The highest BCUT2D eigenvalue weighted by molar-refractivity contribution is 5.65. The summed E-state index contributed by atoms with van der Waals surface area (Å²) in [4.78, 5) is 11.6. The maximum atomic E-state index is 13.6. The van der Waals surface area contributed by atoms with Crippen molar-refractivity contribution in [2.24, 2.45) is 0 Å². The van der Waals surface area contributed by atoms with Gasteiger partial charge in [-0.25, -0.2) is 4.39 Å². The Balaban J connectivity index is 2.12. The summed E-state index contributed by atoms with van der Waals surface area (Å²) in [7, 11) is 0. The van der Waals surface area contributed by atoms with E-state index in [9.17, 15) is 14.3 Å². The van der Waals surface area contributed by atoms with Gasteiger partial charge < -0.3 is 14.8 Å². The van der Waals surface area contributed by atoms with Crippen LogP contribution in [-0.2, 0) is 17.9 Å². The van der Waals surface area contributed by atoms with Crippen LogP contribution in [0.15, 0.2) is 54.6 Å². The zero-order chi connectivity index (χ0) is 14.4. The van der Waals surface area contributed by atoms with Crippen LogP contribution in [0.1, 0.15) is 11.1 Å². The highest BCUT2D eigenvalue weighted by atomic mass is 19.1. The molecule has 20 heavy (non-hydrogen) atoms. The molecule has 4 heteroatoms. The first kappa shape index (κ1) is 14.2. The van der Waals surface area contributed by atoms with Crippen LogP contribution in [-0.4, -0.2) is 12.5 Å². The van der Waals surface area contributed by atoms with E-state index >= 15 is 0 Å². The predicted molar refractivity (Wildman–Crippen MR) is 71.1 cm³/mol. The lowest BCUT2D eigenvalue weighted by molar-refractivity contribution is -0.922. The number of benzene rings is 2. The number of rotatable bonds is 6. The first-order chi connectivity index (χ1) is 9.65. The fourth-order valence-electron chi connectivity index (χ4n) is 2.19. The Kier molecular flexibility index (Phi) is 4.85. The van der Waals surface area contributed by atoms with Gasteiger partial charge in [-0.3, -0.25) is 0 Å². The zero-order valence-electron chi connectivity index (χ0n) is 11.0. The Bertz CT molecular complexity index is 572. The van der Waals surface area contributed by atoms with E-state index in [1.54, 1.807) is 18.2 Å². The van der Waals surface area contributed by atoms with Crippen molar-refractivity contribution >= 4 is 5.97 Å². The number of nitrogens with one attached hydrogen (secondary N) is 1. The van der Waals surface area contributed by atoms with Gasteiger partial charge in [0.2, 0.25) is 0 Å². The second-order valence-electron chi connectivity index (χ2n) is 4.73. The summed E-state index contributed by atoms with van der Waals surface area (Å²) in [5, 5.41) is 10.8. The second kappa shape index (κ2) is 6.82. The van der Waals surface area contributed by atoms with Gasteiger partial charge in [-0.1, -0.05) is 48.5 Å². The van der Waals surface area contributed by atoms with Gasteiger partial charge in [0.1, 0.15) is 25.5 Å². The second-order valence-corrected chi connectivity index (χ2v) is 4.73. The first-order valence-corrected chi connectivity index (χ1v) is 6.46. The van der Waals surface area contributed by atoms with Gasteiger partial charge in [0.25, 0.3) is 0 Å². The summed E-state index contributed by atoms with van der Waals surface area (Å²) in [5.74, 6) is -1.44. The Morgan fingerprint density at radius 1 is 1.00 bits per heavy atom. The zero-order valence-corrected chi connectivity index (χ0v) is 11.0. The monoisotopic (exact) mass is 273 g/mol. The molecule has 0 aliphatic heterocycles. The lowest BCUT2D eigenvalue weighted by Gasteiger charge is -2.20. The molecule has 0 aliphatic carbocycles. The van der Waals surface area contributed by atoms with Gasteiger partial charge in [-0.2, -0.15) is 0 Å². The van der Waals surface area contributed by atoms with Crippen molar-refractivity contribution in [1.29, 1.82) is 0 Å². The maximum absolute atomic E-state index is 13.6. The van der Waals surface area contributed by atoms with Gasteiger partial charge in [0, 0.05) is 11.1 Å². The Labute approximate surface area is 117 Å². The van der Waals surface area contributed by atoms with Crippen molar-refractivity contribution in [3.05, 3.63) is 71.5 Å². The molecule has 0 aliphatic rings. The van der Waals surface area contributed by atoms with Gasteiger partial charge in [0.05, 0.1) is 5.97 Å². The maximum Gasteiger partial charge on any atom is 0.132 e. The third-order valence-electron chi connectivity index (χ3n) is 3.09. The lowest BCUT2D eigenvalue weighted by atomic mass is 10.1. The van der Waals surface area contributed by atoms with E-state index in [1.165, 1.54) is 6.07 Å². The van der Waals surface area contributed by atoms with E-state index in [-0.39, 0.29) is 12.4 Å². The number of hydrogen-bond donors (Lipinski definition) is 1. The summed E-state index contributed by atoms with van der Waals surface area (Å²) in [6.07, 6.45) is 0. The van der Waals surface area contributed by atoms with Crippen LogP contribution >= 0.6 is 0 Å². The molecule has 0 saturated carbocycles. The quantitative estimate of drug-likeness (QED) is 0.815. The van der Waals surface area contributed by atoms with Crippen molar-refractivity contribution in [3.8, 4) is 0 Å². The number of quaternary nitrogens is 1. The Morgan fingerprint density at radius 3 is 2.30 bits per heavy atom. The molecule has 0 radical (unpaired) electrons. The van der Waals surface area contributed by atoms with Crippen LogP contribution in [0, 0.1) is 5.82 Å². The van der Waals surface area contributed by atoms with Crippen LogP contribution in [0.25, 0.3) is 0 Å². The largest absolute Gasteiger partial charge is 0.544 e. The summed E-state index contributed by atoms with van der Waals surface area (Å²) in [6, 6.07) is 16.0. The minimum absolute atomic E-state index is 0.150. The van der Waals surface area contributed by atoms with E-state index in [2.05, 4.69) is 0 Å². The normalized spacial score (nSPS) is 12.1. The van der Waals surface area contributed by atoms with E-state index in [0.717, 1.165) is 10.5 Å². The fraction of sp³-hybridized carbons (Fsp3) is 0.188. The van der Waals surface area contributed by atoms with Crippen molar-refractivity contribution in [3.63, 3.8) is 0 Å². The van der Waals surface area contributed by atoms with Gasteiger partial charge >= 0.3 is 0 Å². The first-order valence-electron chi connectivity index (χ1n) is 6.46. The topological polar surface area (TPSA) is 44.6 Å². The van der Waals surface area contributed by atoms with Crippen LogP contribution in [0.4, 0.5) is 4.39 Å². The van der Waals surface area contributed by atoms with E-state index < -0.39 is 5.97 Å². The molecule has 1 unspecified atom stereocenters. The smallest absolute Gasteiger partial charge is 0.132 e.